The number of likely N-dealkylation sites (N-methyl/N-ethyl adjacent to an activating group) is 1. The van der Waals surface area contributed by atoms with Crippen molar-refractivity contribution in [1.82, 2.24) is 10.2 Å². The highest BCUT2D eigenvalue weighted by atomic mass is 32.2. The van der Waals surface area contributed by atoms with E-state index in [1.54, 1.807) is 50.2 Å². The Morgan fingerprint density at radius 1 is 0.921 bits per heavy atom. The highest BCUT2D eigenvalue weighted by Gasteiger charge is 2.33. The van der Waals surface area contributed by atoms with Crippen LogP contribution in [0.5, 0.6) is 5.75 Å². The lowest BCUT2D eigenvalue weighted by molar-refractivity contribution is -0.139. The summed E-state index contributed by atoms with van der Waals surface area (Å²) in [6, 6.07) is 19.9. The lowest BCUT2D eigenvalue weighted by atomic mass is 10.1. The molecule has 0 saturated heterocycles. The van der Waals surface area contributed by atoms with E-state index in [1.165, 1.54) is 24.1 Å². The number of hydrogen-bond donors (Lipinski definition) is 1. The zero-order valence-corrected chi connectivity index (χ0v) is 23.3. The van der Waals surface area contributed by atoms with E-state index in [-0.39, 0.29) is 23.0 Å². The Kier molecular flexibility index (Phi) is 9.52. The second-order valence-electron chi connectivity index (χ2n) is 9.07. The molecule has 0 aromatic heterocycles. The molecule has 9 heteroatoms. The molecule has 0 fully saturated rings. The summed E-state index contributed by atoms with van der Waals surface area (Å²) < 4.78 is 34.3. The lowest BCUT2D eigenvalue weighted by Gasteiger charge is -2.32. The van der Waals surface area contributed by atoms with Crippen molar-refractivity contribution in [3.63, 3.8) is 0 Å². The third-order valence-electron chi connectivity index (χ3n) is 6.23. The molecule has 2 amide bonds. The monoisotopic (exact) mass is 537 g/mol. The number of nitrogens with zero attached hydrogens (tertiary/aromatic N) is 2. The SMILES string of the molecule is CCNC(=O)[C@@H](C)N(Cc1ccc(C)cc1)C(=O)CN(c1ccccc1OC)S(=O)(=O)c1ccc(C)cc1. The zero-order chi connectivity index (χ0) is 27.9. The van der Waals surface area contributed by atoms with E-state index in [0.717, 1.165) is 21.0 Å². The number of carbonyl (C=O) groups is 2. The smallest absolute Gasteiger partial charge is 0.264 e. The number of para-hydroxylation sites is 2. The Hall–Kier alpha value is -3.85. The van der Waals surface area contributed by atoms with Gasteiger partial charge in [0.05, 0.1) is 17.7 Å². The van der Waals surface area contributed by atoms with Crippen molar-refractivity contribution in [2.45, 2.75) is 45.2 Å². The fourth-order valence-electron chi connectivity index (χ4n) is 3.98. The topological polar surface area (TPSA) is 96.0 Å². The summed E-state index contributed by atoms with van der Waals surface area (Å²) in [7, 11) is -2.72. The molecule has 3 rings (SSSR count). The average Bonchev–Trinajstić information content (AvgIpc) is 2.91. The molecule has 0 radical (unpaired) electrons. The van der Waals surface area contributed by atoms with Gasteiger partial charge in [0.2, 0.25) is 11.8 Å². The van der Waals surface area contributed by atoms with Crippen molar-refractivity contribution in [2.75, 3.05) is 24.5 Å². The van der Waals surface area contributed by atoms with Crippen molar-refractivity contribution in [1.29, 1.82) is 0 Å². The second-order valence-corrected chi connectivity index (χ2v) is 10.9. The molecular weight excluding hydrogens is 502 g/mol. The third kappa shape index (κ3) is 6.72. The number of aryl methyl sites for hydroxylation is 2. The van der Waals surface area contributed by atoms with E-state index < -0.39 is 28.5 Å². The first-order chi connectivity index (χ1) is 18.1. The lowest BCUT2D eigenvalue weighted by Crippen LogP contribution is -2.51. The quantitative estimate of drug-likeness (QED) is 0.398. The number of sulfonamides is 1. The van der Waals surface area contributed by atoms with Crippen LogP contribution in [0.1, 0.15) is 30.5 Å². The summed E-state index contributed by atoms with van der Waals surface area (Å²) in [5.41, 5.74) is 3.02. The molecule has 3 aromatic carbocycles. The number of rotatable bonds is 11. The van der Waals surface area contributed by atoms with Crippen LogP contribution in [-0.2, 0) is 26.2 Å². The molecule has 8 nitrogen and oxygen atoms in total. The third-order valence-corrected chi connectivity index (χ3v) is 8.01. The number of amides is 2. The molecule has 0 aliphatic rings. The number of benzene rings is 3. The maximum Gasteiger partial charge on any atom is 0.264 e. The van der Waals surface area contributed by atoms with Gasteiger partial charge in [-0.25, -0.2) is 8.42 Å². The molecule has 0 aliphatic heterocycles. The predicted octanol–water partition coefficient (Wildman–Crippen LogP) is 4.06. The van der Waals surface area contributed by atoms with Crippen molar-refractivity contribution in [3.8, 4) is 5.75 Å². The van der Waals surface area contributed by atoms with Crippen LogP contribution >= 0.6 is 0 Å². The van der Waals surface area contributed by atoms with Gasteiger partial charge >= 0.3 is 0 Å². The van der Waals surface area contributed by atoms with Gasteiger partial charge in [-0.15, -0.1) is 0 Å². The van der Waals surface area contributed by atoms with Crippen LogP contribution in [0, 0.1) is 13.8 Å². The van der Waals surface area contributed by atoms with Gasteiger partial charge in [0.15, 0.2) is 0 Å². The van der Waals surface area contributed by atoms with Gasteiger partial charge in [-0.05, 0) is 57.5 Å². The molecule has 1 N–H and O–H groups in total. The van der Waals surface area contributed by atoms with E-state index in [9.17, 15) is 18.0 Å². The molecule has 1 atom stereocenters. The van der Waals surface area contributed by atoms with E-state index >= 15 is 0 Å². The number of hydrogen-bond acceptors (Lipinski definition) is 5. The van der Waals surface area contributed by atoms with Crippen LogP contribution in [0.4, 0.5) is 5.69 Å². The van der Waals surface area contributed by atoms with Gasteiger partial charge in [0, 0.05) is 13.1 Å². The number of ether oxygens (including phenoxy) is 1. The molecule has 0 unspecified atom stereocenters. The van der Waals surface area contributed by atoms with E-state index in [2.05, 4.69) is 5.32 Å². The highest BCUT2D eigenvalue weighted by Crippen LogP contribution is 2.32. The number of nitrogens with one attached hydrogen (secondary N) is 1. The summed E-state index contributed by atoms with van der Waals surface area (Å²) in [5, 5.41) is 2.76. The van der Waals surface area contributed by atoms with Crippen LogP contribution in [0.15, 0.2) is 77.7 Å². The number of anilines is 1. The van der Waals surface area contributed by atoms with E-state index in [1.807, 2.05) is 38.1 Å². The minimum atomic E-state index is -4.16. The normalized spacial score (nSPS) is 11.9. The minimum Gasteiger partial charge on any atom is -0.495 e. The van der Waals surface area contributed by atoms with Crippen molar-refractivity contribution >= 4 is 27.5 Å². The molecule has 0 saturated carbocycles. The molecular formula is C29H35N3O5S. The Bertz CT molecular complexity index is 1360. The first-order valence-electron chi connectivity index (χ1n) is 12.4. The van der Waals surface area contributed by atoms with Gasteiger partial charge in [-0.1, -0.05) is 59.7 Å². The number of carbonyl (C=O) groups excluding carboxylic acids is 2. The average molecular weight is 538 g/mol. The van der Waals surface area contributed by atoms with Gasteiger partial charge in [-0.3, -0.25) is 13.9 Å². The van der Waals surface area contributed by atoms with Crippen LogP contribution in [0.2, 0.25) is 0 Å². The summed E-state index contributed by atoms with van der Waals surface area (Å²) in [6.45, 7) is 7.29. The molecule has 0 bridgehead atoms. The summed E-state index contributed by atoms with van der Waals surface area (Å²) in [4.78, 5) is 28.1. The maximum atomic E-state index is 13.9. The molecule has 3 aromatic rings. The molecule has 38 heavy (non-hydrogen) atoms. The zero-order valence-electron chi connectivity index (χ0n) is 22.5. The summed E-state index contributed by atoms with van der Waals surface area (Å²) in [6.07, 6.45) is 0. The highest BCUT2D eigenvalue weighted by molar-refractivity contribution is 7.92. The molecule has 202 valence electrons. The fourth-order valence-corrected chi connectivity index (χ4v) is 5.41. The number of methoxy groups -OCH3 is 1. The maximum absolute atomic E-state index is 13.9. The van der Waals surface area contributed by atoms with E-state index in [4.69, 9.17) is 4.74 Å². The first-order valence-corrected chi connectivity index (χ1v) is 13.9. The standard InChI is InChI=1S/C29H35N3O5S/c1-6-30-29(34)23(4)31(19-24-15-11-21(2)12-16-24)28(33)20-32(26-9-7-8-10-27(26)37-5)38(35,36)25-17-13-22(3)14-18-25/h7-18,23H,6,19-20H2,1-5H3,(H,30,34)/t23-/m1/s1. The van der Waals surface area contributed by atoms with Crippen LogP contribution in [0.3, 0.4) is 0 Å². The Morgan fingerprint density at radius 3 is 2.08 bits per heavy atom. The van der Waals surface area contributed by atoms with Crippen LogP contribution in [-0.4, -0.2) is 51.4 Å². The molecule has 0 aliphatic carbocycles. The van der Waals surface area contributed by atoms with Gasteiger partial charge in [0.1, 0.15) is 18.3 Å². The first kappa shape index (κ1) is 28.7. The minimum absolute atomic E-state index is 0.0451. The molecule has 0 heterocycles. The second kappa shape index (κ2) is 12.6. The largest absolute Gasteiger partial charge is 0.495 e. The fraction of sp³-hybridized carbons (Fsp3) is 0.310. The van der Waals surface area contributed by atoms with Gasteiger partial charge < -0.3 is 15.0 Å². The summed E-state index contributed by atoms with van der Waals surface area (Å²) >= 11 is 0. The van der Waals surface area contributed by atoms with Crippen LogP contribution in [0.25, 0.3) is 0 Å². The van der Waals surface area contributed by atoms with E-state index in [0.29, 0.717) is 12.3 Å². The Balaban J connectivity index is 2.06. The van der Waals surface area contributed by atoms with Gasteiger partial charge in [0.25, 0.3) is 10.0 Å². The van der Waals surface area contributed by atoms with Crippen molar-refractivity contribution in [3.05, 3.63) is 89.5 Å². The van der Waals surface area contributed by atoms with Crippen molar-refractivity contribution < 1.29 is 22.7 Å². The molecule has 0 spiro atoms. The van der Waals surface area contributed by atoms with Crippen LogP contribution < -0.4 is 14.4 Å². The Labute approximate surface area is 225 Å². The van der Waals surface area contributed by atoms with Crippen molar-refractivity contribution in [2.24, 2.45) is 0 Å². The van der Waals surface area contributed by atoms with Gasteiger partial charge in [-0.2, -0.15) is 0 Å². The summed E-state index contributed by atoms with van der Waals surface area (Å²) in [5.74, 6) is -0.540. The Morgan fingerprint density at radius 2 is 1.50 bits per heavy atom. The predicted molar refractivity (Wildman–Crippen MR) is 149 cm³/mol.